The molecule has 0 aliphatic heterocycles. The van der Waals surface area contributed by atoms with Crippen LogP contribution in [0.4, 0.5) is 0 Å². The lowest BCUT2D eigenvalue weighted by Gasteiger charge is -2.20. The lowest BCUT2D eigenvalue weighted by Crippen LogP contribution is -2.35. The highest BCUT2D eigenvalue weighted by molar-refractivity contribution is 5.77. The molecule has 1 aromatic carbocycles. The molecule has 112 valence electrons. The van der Waals surface area contributed by atoms with Crippen LogP contribution in [0.3, 0.4) is 0 Å². The first kappa shape index (κ1) is 15.3. The van der Waals surface area contributed by atoms with E-state index in [-0.39, 0.29) is 17.5 Å². The number of benzene rings is 1. The zero-order valence-corrected chi connectivity index (χ0v) is 12.5. The minimum absolute atomic E-state index is 0.0289. The summed E-state index contributed by atoms with van der Waals surface area (Å²) in [4.78, 5) is 12.2. The molecule has 1 unspecified atom stereocenters. The maximum absolute atomic E-state index is 12.2. The standard InChI is InChI=1S/C17H22N2O2/c1-17(2,18)11-10-15(20)19-16(14-9-6-12-21-14)13-7-4-3-5-8-13/h3-9,12,16H,10-11,18H2,1-2H3,(H,19,20). The molecular weight excluding hydrogens is 264 g/mol. The van der Waals surface area contributed by atoms with Gasteiger partial charge in [-0.05, 0) is 38.0 Å². The summed E-state index contributed by atoms with van der Waals surface area (Å²) in [5, 5.41) is 3.02. The molecule has 0 aliphatic rings. The maximum atomic E-state index is 12.2. The normalized spacial score (nSPS) is 12.9. The second kappa shape index (κ2) is 6.59. The molecule has 0 saturated carbocycles. The van der Waals surface area contributed by atoms with Crippen LogP contribution in [0.5, 0.6) is 0 Å². The fraction of sp³-hybridized carbons (Fsp3) is 0.353. The van der Waals surface area contributed by atoms with Crippen molar-refractivity contribution in [1.82, 2.24) is 5.32 Å². The molecule has 2 aromatic rings. The minimum Gasteiger partial charge on any atom is -0.467 e. The van der Waals surface area contributed by atoms with Gasteiger partial charge in [-0.3, -0.25) is 4.79 Å². The molecule has 21 heavy (non-hydrogen) atoms. The van der Waals surface area contributed by atoms with Gasteiger partial charge in [-0.1, -0.05) is 30.3 Å². The van der Waals surface area contributed by atoms with Crippen molar-refractivity contribution in [1.29, 1.82) is 0 Å². The molecule has 0 bridgehead atoms. The number of nitrogens with two attached hydrogens (primary N) is 1. The molecule has 0 saturated heterocycles. The van der Waals surface area contributed by atoms with Gasteiger partial charge in [0.15, 0.2) is 0 Å². The fourth-order valence-electron chi connectivity index (χ4n) is 2.09. The summed E-state index contributed by atoms with van der Waals surface area (Å²) in [6, 6.07) is 13.2. The van der Waals surface area contributed by atoms with E-state index in [1.165, 1.54) is 0 Å². The van der Waals surface area contributed by atoms with Gasteiger partial charge < -0.3 is 15.5 Å². The molecule has 1 atom stereocenters. The Bertz CT molecular complexity index is 556. The van der Waals surface area contributed by atoms with E-state index in [1.54, 1.807) is 6.26 Å². The predicted octanol–water partition coefficient (Wildman–Crippen LogP) is 3.00. The highest BCUT2D eigenvalue weighted by atomic mass is 16.3. The number of carbonyl (C=O) groups excluding carboxylic acids is 1. The monoisotopic (exact) mass is 286 g/mol. The van der Waals surface area contributed by atoms with Crippen molar-refractivity contribution in [3.8, 4) is 0 Å². The Balaban J connectivity index is 2.09. The van der Waals surface area contributed by atoms with Crippen LogP contribution in [-0.4, -0.2) is 11.4 Å². The van der Waals surface area contributed by atoms with Crippen molar-refractivity contribution in [2.24, 2.45) is 5.73 Å². The van der Waals surface area contributed by atoms with Crippen LogP contribution in [0.25, 0.3) is 0 Å². The summed E-state index contributed by atoms with van der Waals surface area (Å²) in [5.74, 6) is 0.695. The van der Waals surface area contributed by atoms with Crippen LogP contribution in [0.2, 0.25) is 0 Å². The SMILES string of the molecule is CC(C)(N)CCC(=O)NC(c1ccccc1)c1ccco1. The van der Waals surface area contributed by atoms with Crippen LogP contribution >= 0.6 is 0 Å². The molecule has 0 aliphatic carbocycles. The van der Waals surface area contributed by atoms with E-state index in [4.69, 9.17) is 10.2 Å². The van der Waals surface area contributed by atoms with Gasteiger partial charge in [0.2, 0.25) is 5.91 Å². The lowest BCUT2D eigenvalue weighted by molar-refractivity contribution is -0.122. The van der Waals surface area contributed by atoms with Crippen LogP contribution in [-0.2, 0) is 4.79 Å². The molecule has 2 rings (SSSR count). The number of nitrogens with one attached hydrogen (secondary N) is 1. The Morgan fingerprint density at radius 3 is 2.52 bits per heavy atom. The third kappa shape index (κ3) is 4.76. The van der Waals surface area contributed by atoms with Crippen molar-refractivity contribution < 1.29 is 9.21 Å². The second-order valence-corrected chi connectivity index (χ2v) is 5.92. The summed E-state index contributed by atoms with van der Waals surface area (Å²) in [7, 11) is 0. The van der Waals surface area contributed by atoms with E-state index in [9.17, 15) is 4.79 Å². The molecule has 0 spiro atoms. The van der Waals surface area contributed by atoms with Crippen molar-refractivity contribution >= 4 is 5.91 Å². The number of hydrogen-bond donors (Lipinski definition) is 2. The summed E-state index contributed by atoms with van der Waals surface area (Å²) in [6.07, 6.45) is 2.65. The second-order valence-electron chi connectivity index (χ2n) is 5.92. The average molecular weight is 286 g/mol. The first-order chi connectivity index (χ1) is 9.96. The van der Waals surface area contributed by atoms with E-state index in [1.807, 2.05) is 56.3 Å². The highest BCUT2D eigenvalue weighted by Crippen LogP contribution is 2.22. The third-order valence-corrected chi connectivity index (χ3v) is 3.26. The average Bonchev–Trinajstić information content (AvgIpc) is 2.96. The van der Waals surface area contributed by atoms with Gasteiger partial charge in [0.1, 0.15) is 11.8 Å². The number of rotatable bonds is 6. The van der Waals surface area contributed by atoms with Gasteiger partial charge in [-0.25, -0.2) is 0 Å². The molecular formula is C17H22N2O2. The minimum atomic E-state index is -0.343. The van der Waals surface area contributed by atoms with Gasteiger partial charge in [0.05, 0.1) is 6.26 Å². The van der Waals surface area contributed by atoms with Crippen molar-refractivity contribution in [2.75, 3.05) is 0 Å². The zero-order chi connectivity index (χ0) is 15.3. The fourth-order valence-corrected chi connectivity index (χ4v) is 2.09. The van der Waals surface area contributed by atoms with Crippen LogP contribution in [0.1, 0.15) is 44.1 Å². The van der Waals surface area contributed by atoms with Gasteiger partial charge in [-0.15, -0.1) is 0 Å². The molecule has 1 aromatic heterocycles. The maximum Gasteiger partial charge on any atom is 0.220 e. The predicted molar refractivity (Wildman–Crippen MR) is 82.6 cm³/mol. The Morgan fingerprint density at radius 1 is 1.24 bits per heavy atom. The number of furan rings is 1. The van der Waals surface area contributed by atoms with Gasteiger partial charge in [-0.2, -0.15) is 0 Å². The molecule has 1 heterocycles. The van der Waals surface area contributed by atoms with E-state index in [2.05, 4.69) is 5.32 Å². The molecule has 4 heteroatoms. The number of hydrogen-bond acceptors (Lipinski definition) is 3. The van der Waals surface area contributed by atoms with Crippen LogP contribution in [0, 0.1) is 0 Å². The number of amides is 1. The molecule has 4 nitrogen and oxygen atoms in total. The number of carbonyl (C=O) groups is 1. The van der Waals surface area contributed by atoms with Gasteiger partial charge >= 0.3 is 0 Å². The topological polar surface area (TPSA) is 68.3 Å². The van der Waals surface area contributed by atoms with Gasteiger partial charge in [0, 0.05) is 12.0 Å². The Kier molecular flexibility index (Phi) is 4.81. The van der Waals surface area contributed by atoms with Crippen molar-refractivity contribution in [3.63, 3.8) is 0 Å². The van der Waals surface area contributed by atoms with E-state index >= 15 is 0 Å². The first-order valence-corrected chi connectivity index (χ1v) is 7.12. The van der Waals surface area contributed by atoms with Crippen LogP contribution < -0.4 is 11.1 Å². The molecule has 3 N–H and O–H groups in total. The van der Waals surface area contributed by atoms with E-state index < -0.39 is 0 Å². The first-order valence-electron chi connectivity index (χ1n) is 7.12. The van der Waals surface area contributed by atoms with Crippen molar-refractivity contribution in [2.45, 2.75) is 38.3 Å². The summed E-state index contributed by atoms with van der Waals surface area (Å²) in [5.41, 5.74) is 6.57. The molecule has 0 radical (unpaired) electrons. The largest absolute Gasteiger partial charge is 0.467 e. The third-order valence-electron chi connectivity index (χ3n) is 3.26. The Labute approximate surface area is 125 Å². The zero-order valence-electron chi connectivity index (χ0n) is 12.5. The van der Waals surface area contributed by atoms with Crippen LogP contribution in [0.15, 0.2) is 53.1 Å². The summed E-state index contributed by atoms with van der Waals surface area (Å²) >= 11 is 0. The van der Waals surface area contributed by atoms with E-state index in [0.717, 1.165) is 11.3 Å². The summed E-state index contributed by atoms with van der Waals surface area (Å²) < 4.78 is 5.46. The smallest absolute Gasteiger partial charge is 0.220 e. The Hall–Kier alpha value is -2.07. The lowest BCUT2D eigenvalue weighted by atomic mass is 9.99. The van der Waals surface area contributed by atoms with Gasteiger partial charge in [0.25, 0.3) is 0 Å². The van der Waals surface area contributed by atoms with E-state index in [0.29, 0.717) is 12.8 Å². The molecule has 1 amide bonds. The Morgan fingerprint density at radius 2 is 1.95 bits per heavy atom. The molecule has 0 fully saturated rings. The highest BCUT2D eigenvalue weighted by Gasteiger charge is 2.20. The van der Waals surface area contributed by atoms with Crippen molar-refractivity contribution in [3.05, 3.63) is 60.1 Å². The quantitative estimate of drug-likeness (QED) is 0.857. The summed E-state index contributed by atoms with van der Waals surface area (Å²) in [6.45, 7) is 3.84.